The summed E-state index contributed by atoms with van der Waals surface area (Å²) in [6.07, 6.45) is 12.7. The van der Waals surface area contributed by atoms with Crippen molar-refractivity contribution in [1.29, 1.82) is 0 Å². The van der Waals surface area contributed by atoms with Crippen LogP contribution in [-0.4, -0.2) is 15.2 Å². The minimum absolute atomic E-state index is 0.664. The summed E-state index contributed by atoms with van der Waals surface area (Å²) in [5, 5.41) is 8.94. The van der Waals surface area contributed by atoms with Crippen LogP contribution in [0.25, 0.3) is 0 Å². The highest BCUT2D eigenvalue weighted by Crippen LogP contribution is 2.28. The molecule has 0 spiro atoms. The highest BCUT2D eigenvalue weighted by Gasteiger charge is 2.15. The van der Waals surface area contributed by atoms with Crippen molar-refractivity contribution in [3.05, 3.63) is 36.0 Å². The minimum Gasteiger partial charge on any atom is -0.416 e. The van der Waals surface area contributed by atoms with Gasteiger partial charge >= 0.3 is 0 Å². The van der Waals surface area contributed by atoms with Crippen LogP contribution < -0.4 is 0 Å². The monoisotopic (exact) mass is 303 g/mol. The van der Waals surface area contributed by atoms with Gasteiger partial charge in [0.05, 0.1) is 0 Å². The Hall–Kier alpha value is -1.36. The first-order valence-electron chi connectivity index (χ1n) is 7.74. The van der Waals surface area contributed by atoms with E-state index in [1.807, 2.05) is 12.3 Å². The van der Waals surface area contributed by atoms with Gasteiger partial charge in [-0.3, -0.25) is 4.98 Å². The van der Waals surface area contributed by atoms with Gasteiger partial charge in [-0.2, -0.15) is 0 Å². The van der Waals surface area contributed by atoms with Crippen molar-refractivity contribution >= 4 is 11.8 Å². The third-order valence-corrected chi connectivity index (χ3v) is 4.91. The summed E-state index contributed by atoms with van der Waals surface area (Å²) >= 11 is 1.58. The molecule has 0 saturated heterocycles. The van der Waals surface area contributed by atoms with Crippen LogP contribution in [0.5, 0.6) is 0 Å². The van der Waals surface area contributed by atoms with Crippen LogP contribution >= 0.6 is 11.8 Å². The lowest BCUT2D eigenvalue weighted by molar-refractivity contribution is 0.322. The quantitative estimate of drug-likeness (QED) is 0.746. The first-order valence-corrected chi connectivity index (χ1v) is 8.73. The van der Waals surface area contributed by atoms with E-state index in [0.29, 0.717) is 5.22 Å². The van der Waals surface area contributed by atoms with Gasteiger partial charge in [0.1, 0.15) is 0 Å². The third-order valence-electron chi connectivity index (χ3n) is 4.02. The number of rotatable bonds is 6. The first-order chi connectivity index (χ1) is 10.4. The predicted octanol–water partition coefficient (Wildman–Crippen LogP) is 4.27. The number of thioether (sulfide) groups is 1. The van der Waals surface area contributed by atoms with E-state index in [0.717, 1.165) is 24.0 Å². The zero-order valence-electron chi connectivity index (χ0n) is 12.2. The third kappa shape index (κ3) is 4.56. The van der Waals surface area contributed by atoms with Crippen molar-refractivity contribution in [2.75, 3.05) is 0 Å². The van der Waals surface area contributed by atoms with E-state index in [1.54, 1.807) is 18.0 Å². The number of nitrogens with zero attached hydrogens (tertiary/aromatic N) is 3. The maximum absolute atomic E-state index is 5.72. The molecule has 2 aromatic heterocycles. The van der Waals surface area contributed by atoms with Crippen molar-refractivity contribution in [3.8, 4) is 0 Å². The summed E-state index contributed by atoms with van der Waals surface area (Å²) in [6, 6.07) is 4.00. The van der Waals surface area contributed by atoms with Gasteiger partial charge in [0, 0.05) is 24.6 Å². The van der Waals surface area contributed by atoms with E-state index < -0.39 is 0 Å². The molecule has 2 heterocycles. The normalized spacial score (nSPS) is 16.2. The van der Waals surface area contributed by atoms with Gasteiger partial charge < -0.3 is 4.42 Å². The Morgan fingerprint density at radius 1 is 1.19 bits per heavy atom. The van der Waals surface area contributed by atoms with Gasteiger partial charge in [0.15, 0.2) is 0 Å². The molecular weight excluding hydrogens is 282 g/mol. The van der Waals surface area contributed by atoms with Crippen LogP contribution in [0.2, 0.25) is 0 Å². The van der Waals surface area contributed by atoms with Crippen LogP contribution in [0, 0.1) is 5.92 Å². The van der Waals surface area contributed by atoms with Gasteiger partial charge in [-0.05, 0) is 24.0 Å². The Labute approximate surface area is 129 Å². The summed E-state index contributed by atoms with van der Waals surface area (Å²) < 4.78 is 5.72. The molecule has 0 unspecified atom stereocenters. The minimum atomic E-state index is 0.664. The maximum atomic E-state index is 5.72. The Balaban J connectivity index is 1.45. The van der Waals surface area contributed by atoms with Gasteiger partial charge in [-0.1, -0.05) is 49.9 Å². The second kappa shape index (κ2) is 7.59. The Kier molecular flexibility index (Phi) is 5.27. The van der Waals surface area contributed by atoms with Crippen molar-refractivity contribution in [1.82, 2.24) is 15.2 Å². The van der Waals surface area contributed by atoms with Crippen LogP contribution in [0.3, 0.4) is 0 Å². The first kappa shape index (κ1) is 14.6. The second-order valence-electron chi connectivity index (χ2n) is 5.65. The van der Waals surface area contributed by atoms with Crippen molar-refractivity contribution in [2.45, 2.75) is 55.9 Å². The van der Waals surface area contributed by atoms with Crippen molar-refractivity contribution < 1.29 is 4.42 Å². The Bertz CT molecular complexity index is 537. The molecule has 0 aliphatic heterocycles. The van der Waals surface area contributed by atoms with Crippen LogP contribution in [0.15, 0.2) is 34.2 Å². The van der Waals surface area contributed by atoms with E-state index in [9.17, 15) is 0 Å². The second-order valence-corrected chi connectivity index (χ2v) is 6.58. The van der Waals surface area contributed by atoms with Crippen LogP contribution in [0.1, 0.15) is 50.0 Å². The van der Waals surface area contributed by atoms with E-state index in [4.69, 9.17) is 4.42 Å². The molecule has 0 aromatic carbocycles. The Morgan fingerprint density at radius 2 is 2.10 bits per heavy atom. The molecule has 1 saturated carbocycles. The Morgan fingerprint density at radius 3 is 2.90 bits per heavy atom. The van der Waals surface area contributed by atoms with Crippen molar-refractivity contribution in [3.63, 3.8) is 0 Å². The molecule has 4 nitrogen and oxygen atoms in total. The highest BCUT2D eigenvalue weighted by atomic mass is 32.2. The van der Waals surface area contributed by atoms with Gasteiger partial charge in [-0.15, -0.1) is 10.2 Å². The van der Waals surface area contributed by atoms with Crippen LogP contribution in [0.4, 0.5) is 0 Å². The lowest BCUT2D eigenvalue weighted by atomic mass is 9.86. The summed E-state index contributed by atoms with van der Waals surface area (Å²) in [5.74, 6) is 2.46. The summed E-state index contributed by atoms with van der Waals surface area (Å²) in [6.45, 7) is 0. The molecule has 1 aliphatic carbocycles. The molecule has 5 heteroatoms. The highest BCUT2D eigenvalue weighted by molar-refractivity contribution is 7.98. The van der Waals surface area contributed by atoms with Gasteiger partial charge in [-0.25, -0.2) is 0 Å². The van der Waals surface area contributed by atoms with E-state index in [1.165, 1.54) is 44.1 Å². The maximum Gasteiger partial charge on any atom is 0.276 e. The van der Waals surface area contributed by atoms with E-state index in [-0.39, 0.29) is 0 Å². The molecule has 0 N–H and O–H groups in total. The molecule has 0 atom stereocenters. The molecule has 21 heavy (non-hydrogen) atoms. The molecule has 0 amide bonds. The van der Waals surface area contributed by atoms with E-state index >= 15 is 0 Å². The van der Waals surface area contributed by atoms with Crippen molar-refractivity contribution in [2.24, 2.45) is 5.92 Å². The number of hydrogen-bond donors (Lipinski definition) is 0. The molecule has 0 radical (unpaired) electrons. The fourth-order valence-corrected chi connectivity index (χ4v) is 3.54. The summed E-state index contributed by atoms with van der Waals surface area (Å²) in [5.41, 5.74) is 1.17. The molecule has 2 aromatic rings. The predicted molar refractivity (Wildman–Crippen MR) is 83.0 cm³/mol. The SMILES string of the molecule is c1cncc(CSc2nnc(CCC3CCCCC3)o2)c1. The zero-order chi connectivity index (χ0) is 14.3. The standard InChI is InChI=1S/C16H21N3OS/c1-2-5-13(6-3-1)8-9-15-18-19-16(20-15)21-12-14-7-4-10-17-11-14/h4,7,10-11,13H,1-3,5-6,8-9,12H2. The van der Waals surface area contributed by atoms with Gasteiger partial charge in [0.2, 0.25) is 5.89 Å². The molecule has 0 bridgehead atoms. The fraction of sp³-hybridized carbons (Fsp3) is 0.562. The molecular formula is C16H21N3OS. The van der Waals surface area contributed by atoms with E-state index in [2.05, 4.69) is 21.2 Å². The fourth-order valence-electron chi connectivity index (χ4n) is 2.83. The van der Waals surface area contributed by atoms with Crippen LogP contribution in [-0.2, 0) is 12.2 Å². The number of aromatic nitrogens is 3. The topological polar surface area (TPSA) is 51.8 Å². The van der Waals surface area contributed by atoms with Gasteiger partial charge in [0.25, 0.3) is 5.22 Å². The number of pyridine rings is 1. The smallest absolute Gasteiger partial charge is 0.276 e. The zero-order valence-corrected chi connectivity index (χ0v) is 13.0. The average Bonchev–Trinajstić information content (AvgIpc) is 3.01. The molecule has 3 rings (SSSR count). The average molecular weight is 303 g/mol. The summed E-state index contributed by atoms with van der Waals surface area (Å²) in [4.78, 5) is 4.10. The largest absolute Gasteiger partial charge is 0.416 e. The molecule has 112 valence electrons. The lowest BCUT2D eigenvalue weighted by Gasteiger charge is -2.20. The molecule has 1 aliphatic rings. The molecule has 1 fully saturated rings. The number of aryl methyl sites for hydroxylation is 1. The number of hydrogen-bond acceptors (Lipinski definition) is 5. The summed E-state index contributed by atoms with van der Waals surface area (Å²) in [7, 11) is 0. The lowest BCUT2D eigenvalue weighted by Crippen LogP contribution is -2.07.